The number of rotatable bonds is 5. The lowest BCUT2D eigenvalue weighted by Gasteiger charge is -2.39. The molecular formula is C22H24ClN3O3. The number of likely N-dealkylation sites (tertiary alicyclic amines) is 1. The number of nitrogens with zero attached hydrogens (tertiary/aromatic N) is 2. The minimum Gasteiger partial charge on any atom is -0.493 e. The standard InChI is InChI=1S/C22H24ClN3O3/c1-3-28-19-9-5-4-7-16(19)21(27)26-12-6-8-17(14(26)2)24-22-25-18-13-15(23)10-11-20(18)29-22/h4-5,7,9-11,13-14,17H,3,6,8,12H2,1-2H3,(H,24,25)/t14-,17-/m0/s1. The fourth-order valence-corrected chi connectivity index (χ4v) is 3.99. The van der Waals surface area contributed by atoms with E-state index < -0.39 is 0 Å². The molecule has 1 fully saturated rings. The smallest absolute Gasteiger partial charge is 0.295 e. The number of amides is 1. The normalized spacial score (nSPS) is 19.3. The number of para-hydroxylation sites is 1. The van der Waals surface area contributed by atoms with Crippen molar-refractivity contribution >= 4 is 34.6 Å². The summed E-state index contributed by atoms with van der Waals surface area (Å²) >= 11 is 6.03. The second-order valence-electron chi connectivity index (χ2n) is 7.19. The van der Waals surface area contributed by atoms with Crippen molar-refractivity contribution in [3.05, 3.63) is 53.1 Å². The molecule has 1 saturated heterocycles. The summed E-state index contributed by atoms with van der Waals surface area (Å²) in [5.74, 6) is 0.607. The molecular weight excluding hydrogens is 390 g/mol. The van der Waals surface area contributed by atoms with Crippen molar-refractivity contribution in [2.24, 2.45) is 0 Å². The molecule has 152 valence electrons. The molecule has 1 aliphatic heterocycles. The van der Waals surface area contributed by atoms with Gasteiger partial charge >= 0.3 is 0 Å². The minimum atomic E-state index is -0.0236. The number of nitrogens with one attached hydrogen (secondary N) is 1. The Kier molecular flexibility index (Phi) is 5.62. The fraction of sp³-hybridized carbons (Fsp3) is 0.364. The van der Waals surface area contributed by atoms with Gasteiger partial charge in [0.2, 0.25) is 0 Å². The lowest BCUT2D eigenvalue weighted by Crippen LogP contribution is -2.52. The van der Waals surface area contributed by atoms with Crippen LogP contribution in [0.4, 0.5) is 6.01 Å². The van der Waals surface area contributed by atoms with Gasteiger partial charge in [-0.2, -0.15) is 4.98 Å². The highest BCUT2D eigenvalue weighted by Gasteiger charge is 2.33. The van der Waals surface area contributed by atoms with E-state index >= 15 is 0 Å². The molecule has 0 bridgehead atoms. The van der Waals surface area contributed by atoms with E-state index in [0.29, 0.717) is 46.6 Å². The van der Waals surface area contributed by atoms with Crippen molar-refractivity contribution in [3.8, 4) is 5.75 Å². The first-order chi connectivity index (χ1) is 14.1. The van der Waals surface area contributed by atoms with Crippen LogP contribution in [0.5, 0.6) is 5.75 Å². The maximum atomic E-state index is 13.2. The van der Waals surface area contributed by atoms with E-state index in [1.54, 1.807) is 18.2 Å². The number of aromatic nitrogens is 1. The van der Waals surface area contributed by atoms with Crippen molar-refractivity contribution in [1.82, 2.24) is 9.88 Å². The molecule has 1 aromatic heterocycles. The zero-order chi connectivity index (χ0) is 20.4. The second kappa shape index (κ2) is 8.33. The minimum absolute atomic E-state index is 0.0163. The van der Waals surface area contributed by atoms with Gasteiger partial charge in [-0.15, -0.1) is 0 Å². The molecule has 4 rings (SSSR count). The van der Waals surface area contributed by atoms with Gasteiger partial charge in [0.25, 0.3) is 11.9 Å². The number of ether oxygens (including phenoxy) is 1. The van der Waals surface area contributed by atoms with Crippen LogP contribution in [0.1, 0.15) is 37.0 Å². The van der Waals surface area contributed by atoms with Crippen LogP contribution in [0.25, 0.3) is 11.1 Å². The van der Waals surface area contributed by atoms with Crippen LogP contribution in [0.2, 0.25) is 5.02 Å². The van der Waals surface area contributed by atoms with Gasteiger partial charge in [0.15, 0.2) is 5.58 Å². The number of halogens is 1. The molecule has 1 aliphatic rings. The van der Waals surface area contributed by atoms with Crippen molar-refractivity contribution in [2.75, 3.05) is 18.5 Å². The molecule has 2 heterocycles. The number of carbonyl (C=O) groups excluding carboxylic acids is 1. The first-order valence-corrected chi connectivity index (χ1v) is 10.3. The molecule has 6 nitrogen and oxygen atoms in total. The molecule has 0 unspecified atom stereocenters. The van der Waals surface area contributed by atoms with Crippen molar-refractivity contribution < 1.29 is 13.9 Å². The summed E-state index contributed by atoms with van der Waals surface area (Å²) < 4.78 is 11.5. The van der Waals surface area contributed by atoms with Crippen LogP contribution in [0, 0.1) is 0 Å². The summed E-state index contributed by atoms with van der Waals surface area (Å²) in [7, 11) is 0. The maximum absolute atomic E-state index is 13.2. The average Bonchev–Trinajstić information content (AvgIpc) is 3.11. The molecule has 2 aromatic carbocycles. The molecule has 0 spiro atoms. The SMILES string of the molecule is CCOc1ccccc1C(=O)N1CCC[C@H](Nc2nc3cc(Cl)ccc3o2)[C@@H]1C. The molecule has 7 heteroatoms. The molecule has 2 atom stereocenters. The molecule has 1 amide bonds. The summed E-state index contributed by atoms with van der Waals surface area (Å²) in [6, 6.07) is 13.2. The van der Waals surface area contributed by atoms with E-state index in [1.807, 2.05) is 36.1 Å². The molecule has 0 aliphatic carbocycles. The van der Waals surface area contributed by atoms with Crippen molar-refractivity contribution in [1.29, 1.82) is 0 Å². The summed E-state index contributed by atoms with van der Waals surface area (Å²) in [5, 5.41) is 3.99. The summed E-state index contributed by atoms with van der Waals surface area (Å²) in [6.07, 6.45) is 1.83. The zero-order valence-electron chi connectivity index (χ0n) is 16.5. The number of anilines is 1. The highest BCUT2D eigenvalue weighted by atomic mass is 35.5. The van der Waals surface area contributed by atoms with E-state index in [2.05, 4.69) is 17.2 Å². The fourth-order valence-electron chi connectivity index (χ4n) is 3.82. The first kappa shape index (κ1) is 19.6. The second-order valence-corrected chi connectivity index (χ2v) is 7.63. The molecule has 1 N–H and O–H groups in total. The predicted octanol–water partition coefficient (Wildman–Crippen LogP) is 4.99. The van der Waals surface area contributed by atoms with E-state index in [4.69, 9.17) is 20.8 Å². The summed E-state index contributed by atoms with van der Waals surface area (Å²) in [4.78, 5) is 19.6. The highest BCUT2D eigenvalue weighted by molar-refractivity contribution is 6.31. The van der Waals surface area contributed by atoms with Gasteiger partial charge in [-0.1, -0.05) is 23.7 Å². The number of hydrogen-bond acceptors (Lipinski definition) is 5. The van der Waals surface area contributed by atoms with E-state index in [9.17, 15) is 4.79 Å². The Morgan fingerprint density at radius 2 is 2.17 bits per heavy atom. The third-order valence-electron chi connectivity index (χ3n) is 5.32. The van der Waals surface area contributed by atoms with Gasteiger partial charge in [0.1, 0.15) is 11.3 Å². The van der Waals surface area contributed by atoms with E-state index in [0.717, 1.165) is 12.8 Å². The van der Waals surface area contributed by atoms with Gasteiger partial charge in [0.05, 0.1) is 18.2 Å². The lowest BCUT2D eigenvalue weighted by molar-refractivity contribution is 0.0611. The number of hydrogen-bond donors (Lipinski definition) is 1. The highest BCUT2D eigenvalue weighted by Crippen LogP contribution is 2.28. The van der Waals surface area contributed by atoms with Crippen LogP contribution < -0.4 is 10.1 Å². The zero-order valence-corrected chi connectivity index (χ0v) is 17.3. The van der Waals surface area contributed by atoms with Gasteiger partial charge in [0, 0.05) is 17.6 Å². The Bertz CT molecular complexity index is 1020. The number of carbonyl (C=O) groups is 1. The lowest BCUT2D eigenvalue weighted by atomic mass is 9.96. The molecule has 29 heavy (non-hydrogen) atoms. The van der Waals surface area contributed by atoms with Crippen LogP contribution in [-0.2, 0) is 0 Å². The third kappa shape index (κ3) is 4.03. The third-order valence-corrected chi connectivity index (χ3v) is 5.56. The topological polar surface area (TPSA) is 67.6 Å². The first-order valence-electron chi connectivity index (χ1n) is 9.92. The van der Waals surface area contributed by atoms with Crippen LogP contribution >= 0.6 is 11.6 Å². The Morgan fingerprint density at radius 3 is 3.00 bits per heavy atom. The van der Waals surface area contributed by atoms with Gasteiger partial charge in [-0.05, 0) is 57.0 Å². The Morgan fingerprint density at radius 1 is 1.34 bits per heavy atom. The van der Waals surface area contributed by atoms with Crippen LogP contribution in [-0.4, -0.2) is 41.0 Å². The monoisotopic (exact) mass is 413 g/mol. The number of fused-ring (bicyclic) bond motifs is 1. The van der Waals surface area contributed by atoms with Gasteiger partial charge in [-0.3, -0.25) is 4.79 Å². The van der Waals surface area contributed by atoms with Crippen LogP contribution in [0.15, 0.2) is 46.9 Å². The Hall–Kier alpha value is -2.73. The Labute approximate surface area is 174 Å². The Balaban J connectivity index is 1.52. The average molecular weight is 414 g/mol. The number of piperidine rings is 1. The summed E-state index contributed by atoms with van der Waals surface area (Å²) in [6.45, 7) is 5.20. The molecule has 0 saturated carbocycles. The quantitative estimate of drug-likeness (QED) is 0.638. The van der Waals surface area contributed by atoms with Gasteiger partial charge in [-0.25, -0.2) is 0 Å². The molecule has 3 aromatic rings. The van der Waals surface area contributed by atoms with E-state index in [-0.39, 0.29) is 18.0 Å². The number of oxazole rings is 1. The van der Waals surface area contributed by atoms with Crippen molar-refractivity contribution in [2.45, 2.75) is 38.8 Å². The van der Waals surface area contributed by atoms with Crippen LogP contribution in [0.3, 0.4) is 0 Å². The van der Waals surface area contributed by atoms with Crippen molar-refractivity contribution in [3.63, 3.8) is 0 Å². The van der Waals surface area contributed by atoms with Gasteiger partial charge < -0.3 is 19.4 Å². The predicted molar refractivity (Wildman–Crippen MR) is 114 cm³/mol. The number of benzene rings is 2. The molecule has 0 radical (unpaired) electrons. The summed E-state index contributed by atoms with van der Waals surface area (Å²) in [5.41, 5.74) is 1.99. The largest absolute Gasteiger partial charge is 0.493 e. The maximum Gasteiger partial charge on any atom is 0.295 e. The van der Waals surface area contributed by atoms with E-state index in [1.165, 1.54) is 0 Å².